The second-order valence-electron chi connectivity index (χ2n) is 6.17. The van der Waals surface area contributed by atoms with E-state index in [0.29, 0.717) is 5.41 Å². The zero-order valence-corrected chi connectivity index (χ0v) is 13.3. The predicted molar refractivity (Wildman–Crippen MR) is 82.7 cm³/mol. The van der Waals surface area contributed by atoms with Crippen LogP contribution in [0.1, 0.15) is 52.4 Å². The van der Waals surface area contributed by atoms with Crippen molar-refractivity contribution in [3.8, 4) is 0 Å². The van der Waals surface area contributed by atoms with Crippen molar-refractivity contribution in [1.82, 2.24) is 10.2 Å². The topological polar surface area (TPSA) is 24.5 Å². The summed E-state index contributed by atoms with van der Waals surface area (Å²) in [5.74, 6) is 0. The molecule has 0 radical (unpaired) electrons. The van der Waals surface area contributed by atoms with Crippen LogP contribution in [0.25, 0.3) is 0 Å². The third-order valence-corrected chi connectivity index (χ3v) is 4.17. The van der Waals surface area contributed by atoms with Gasteiger partial charge >= 0.3 is 0 Å². The summed E-state index contributed by atoms with van der Waals surface area (Å²) in [6.45, 7) is 11.2. The zero-order chi connectivity index (χ0) is 14.0. The van der Waals surface area contributed by atoms with Crippen LogP contribution in [0.2, 0.25) is 0 Å². The van der Waals surface area contributed by atoms with E-state index in [-0.39, 0.29) is 0 Å². The maximum atomic E-state index is 5.78. The van der Waals surface area contributed by atoms with Crippen molar-refractivity contribution in [2.45, 2.75) is 52.4 Å². The van der Waals surface area contributed by atoms with Crippen LogP contribution < -0.4 is 5.32 Å². The Morgan fingerprint density at radius 2 is 1.84 bits per heavy atom. The standard InChI is InChI=1S/C16H34N2O/c1-4-6-10-18(11-7-5-2)14-16(13-17-3)9-8-12-19-15-16/h17H,4-15H2,1-3H3. The van der Waals surface area contributed by atoms with E-state index >= 15 is 0 Å². The molecule has 0 aromatic heterocycles. The van der Waals surface area contributed by atoms with Gasteiger partial charge in [-0.25, -0.2) is 0 Å². The minimum atomic E-state index is 0.342. The van der Waals surface area contributed by atoms with Crippen LogP contribution in [0.5, 0.6) is 0 Å². The van der Waals surface area contributed by atoms with Crippen LogP contribution in [0.3, 0.4) is 0 Å². The summed E-state index contributed by atoms with van der Waals surface area (Å²) >= 11 is 0. The lowest BCUT2D eigenvalue weighted by Crippen LogP contribution is -2.48. The maximum absolute atomic E-state index is 5.78. The Bertz CT molecular complexity index is 201. The molecule has 1 unspecified atom stereocenters. The number of unbranched alkanes of at least 4 members (excludes halogenated alkanes) is 2. The van der Waals surface area contributed by atoms with E-state index in [1.165, 1.54) is 58.2 Å². The fourth-order valence-corrected chi connectivity index (χ4v) is 3.11. The highest BCUT2D eigenvalue weighted by molar-refractivity contribution is 4.87. The first-order valence-corrected chi connectivity index (χ1v) is 8.21. The van der Waals surface area contributed by atoms with Gasteiger partial charge in [0, 0.05) is 25.1 Å². The van der Waals surface area contributed by atoms with Crippen LogP contribution in [-0.2, 0) is 4.74 Å². The zero-order valence-electron chi connectivity index (χ0n) is 13.3. The van der Waals surface area contributed by atoms with Crippen molar-refractivity contribution in [2.75, 3.05) is 46.4 Å². The van der Waals surface area contributed by atoms with E-state index in [2.05, 4.69) is 31.1 Å². The number of nitrogens with zero attached hydrogens (tertiary/aromatic N) is 1. The Balaban J connectivity index is 2.54. The van der Waals surface area contributed by atoms with Crippen molar-refractivity contribution < 1.29 is 4.74 Å². The van der Waals surface area contributed by atoms with E-state index in [4.69, 9.17) is 4.74 Å². The van der Waals surface area contributed by atoms with Gasteiger partial charge in [0.2, 0.25) is 0 Å². The molecule has 1 aliphatic heterocycles. The van der Waals surface area contributed by atoms with Gasteiger partial charge in [0.25, 0.3) is 0 Å². The lowest BCUT2D eigenvalue weighted by atomic mass is 9.81. The number of rotatable bonds is 10. The molecule has 1 atom stereocenters. The molecule has 0 aromatic carbocycles. The molecule has 0 bridgehead atoms. The van der Waals surface area contributed by atoms with Crippen molar-refractivity contribution >= 4 is 0 Å². The lowest BCUT2D eigenvalue weighted by molar-refractivity contribution is -0.0257. The number of hydrogen-bond donors (Lipinski definition) is 1. The third-order valence-electron chi connectivity index (χ3n) is 4.17. The molecule has 0 spiro atoms. The minimum Gasteiger partial charge on any atom is -0.381 e. The Morgan fingerprint density at radius 3 is 2.32 bits per heavy atom. The molecule has 1 fully saturated rings. The molecule has 0 amide bonds. The molecule has 3 nitrogen and oxygen atoms in total. The molecule has 1 rings (SSSR count). The predicted octanol–water partition coefficient (Wildman–Crippen LogP) is 2.90. The number of ether oxygens (including phenoxy) is 1. The Morgan fingerprint density at radius 1 is 1.16 bits per heavy atom. The normalized spacial score (nSPS) is 24.0. The van der Waals surface area contributed by atoms with E-state index in [1.54, 1.807) is 0 Å². The SMILES string of the molecule is CCCCN(CCCC)CC1(CNC)CCCOC1. The van der Waals surface area contributed by atoms with Gasteiger partial charge in [0.05, 0.1) is 6.61 Å². The highest BCUT2D eigenvalue weighted by Crippen LogP contribution is 2.29. The van der Waals surface area contributed by atoms with Gasteiger partial charge in [-0.05, 0) is 45.8 Å². The van der Waals surface area contributed by atoms with Crippen LogP contribution in [0, 0.1) is 5.41 Å². The summed E-state index contributed by atoms with van der Waals surface area (Å²) in [5.41, 5.74) is 0.342. The minimum absolute atomic E-state index is 0.342. The smallest absolute Gasteiger partial charge is 0.0546 e. The largest absolute Gasteiger partial charge is 0.381 e. The van der Waals surface area contributed by atoms with Gasteiger partial charge < -0.3 is 15.0 Å². The van der Waals surface area contributed by atoms with Crippen molar-refractivity contribution in [3.05, 3.63) is 0 Å². The summed E-state index contributed by atoms with van der Waals surface area (Å²) in [4.78, 5) is 2.68. The van der Waals surface area contributed by atoms with Gasteiger partial charge in [0.1, 0.15) is 0 Å². The van der Waals surface area contributed by atoms with Gasteiger partial charge in [-0.1, -0.05) is 26.7 Å². The average Bonchev–Trinajstić information content (AvgIpc) is 2.43. The van der Waals surface area contributed by atoms with E-state index in [1.807, 2.05) is 0 Å². The van der Waals surface area contributed by atoms with Gasteiger partial charge in [-0.2, -0.15) is 0 Å². The molecule has 1 aliphatic rings. The third kappa shape index (κ3) is 6.24. The first-order chi connectivity index (χ1) is 9.26. The molecule has 1 heterocycles. The van der Waals surface area contributed by atoms with Crippen molar-refractivity contribution in [1.29, 1.82) is 0 Å². The second-order valence-corrected chi connectivity index (χ2v) is 6.17. The highest BCUT2D eigenvalue weighted by atomic mass is 16.5. The van der Waals surface area contributed by atoms with Crippen LogP contribution in [0.4, 0.5) is 0 Å². The Kier molecular flexibility index (Phi) is 8.67. The van der Waals surface area contributed by atoms with Crippen molar-refractivity contribution in [2.24, 2.45) is 5.41 Å². The summed E-state index contributed by atoms with van der Waals surface area (Å²) in [7, 11) is 2.07. The van der Waals surface area contributed by atoms with Gasteiger partial charge in [-0.3, -0.25) is 0 Å². The highest BCUT2D eigenvalue weighted by Gasteiger charge is 2.33. The second kappa shape index (κ2) is 9.73. The first kappa shape index (κ1) is 16.9. The molecule has 0 aromatic rings. The monoisotopic (exact) mass is 270 g/mol. The molecule has 0 saturated carbocycles. The van der Waals surface area contributed by atoms with E-state index in [0.717, 1.165) is 19.8 Å². The molecule has 0 aliphatic carbocycles. The Hall–Kier alpha value is -0.120. The quantitative estimate of drug-likeness (QED) is 0.660. The molecular formula is C16H34N2O. The Labute approximate surface area is 120 Å². The van der Waals surface area contributed by atoms with E-state index < -0.39 is 0 Å². The van der Waals surface area contributed by atoms with Gasteiger partial charge in [0.15, 0.2) is 0 Å². The van der Waals surface area contributed by atoms with Crippen LogP contribution in [0.15, 0.2) is 0 Å². The maximum Gasteiger partial charge on any atom is 0.0546 e. The molecule has 1 saturated heterocycles. The number of nitrogens with one attached hydrogen (secondary N) is 1. The first-order valence-electron chi connectivity index (χ1n) is 8.21. The summed E-state index contributed by atoms with van der Waals surface area (Å²) in [5, 5.41) is 3.39. The van der Waals surface area contributed by atoms with Crippen LogP contribution in [-0.4, -0.2) is 51.3 Å². The fourth-order valence-electron chi connectivity index (χ4n) is 3.11. The van der Waals surface area contributed by atoms with E-state index in [9.17, 15) is 0 Å². The lowest BCUT2D eigenvalue weighted by Gasteiger charge is -2.41. The van der Waals surface area contributed by atoms with Crippen LogP contribution >= 0.6 is 0 Å². The van der Waals surface area contributed by atoms with Gasteiger partial charge in [-0.15, -0.1) is 0 Å². The fraction of sp³-hybridized carbons (Fsp3) is 1.00. The molecular weight excluding hydrogens is 236 g/mol. The summed E-state index contributed by atoms with van der Waals surface area (Å²) < 4.78 is 5.78. The molecule has 114 valence electrons. The summed E-state index contributed by atoms with van der Waals surface area (Å²) in [6, 6.07) is 0. The molecule has 1 N–H and O–H groups in total. The van der Waals surface area contributed by atoms with Crippen molar-refractivity contribution in [3.63, 3.8) is 0 Å². The number of hydrogen-bond acceptors (Lipinski definition) is 3. The molecule has 19 heavy (non-hydrogen) atoms. The average molecular weight is 270 g/mol. The molecule has 3 heteroatoms. The summed E-state index contributed by atoms with van der Waals surface area (Å²) in [6.07, 6.45) is 7.75.